The molecule has 7 heteroatoms. The van der Waals surface area contributed by atoms with Crippen LogP contribution in [0.2, 0.25) is 0 Å². The lowest BCUT2D eigenvalue weighted by Gasteiger charge is -2.24. The van der Waals surface area contributed by atoms with Gasteiger partial charge in [0.05, 0.1) is 7.05 Å². The summed E-state index contributed by atoms with van der Waals surface area (Å²) in [6.45, 7) is 4.92. The lowest BCUT2D eigenvalue weighted by Crippen LogP contribution is -3.11. The third-order valence-electron chi connectivity index (χ3n) is 3.47. The first-order valence-corrected chi connectivity index (χ1v) is 8.22. The number of amides is 4. The summed E-state index contributed by atoms with van der Waals surface area (Å²) in [7, 11) is 1.76. The van der Waals surface area contributed by atoms with Crippen molar-refractivity contribution in [3.05, 3.63) is 35.9 Å². The minimum Gasteiger partial charge on any atom is -0.351 e. The smallest absolute Gasteiger partial charge is 0.321 e. The predicted octanol–water partition coefficient (Wildman–Crippen LogP) is -0.386. The molecule has 4 N–H and O–H groups in total. The molecule has 1 aromatic rings. The minimum absolute atomic E-state index is 0.124. The van der Waals surface area contributed by atoms with Crippen LogP contribution in [0.15, 0.2) is 30.3 Å². The van der Waals surface area contributed by atoms with Gasteiger partial charge in [-0.1, -0.05) is 37.3 Å². The quantitative estimate of drug-likeness (QED) is 0.522. The van der Waals surface area contributed by atoms with Crippen LogP contribution in [0, 0.1) is 0 Å². The summed E-state index contributed by atoms with van der Waals surface area (Å²) in [6, 6.07) is 7.95. The molecular weight excluding hydrogens is 308 g/mol. The molecule has 1 unspecified atom stereocenters. The number of hydrogen-bond acceptors (Lipinski definition) is 3. The van der Waals surface area contributed by atoms with E-state index in [1.165, 1.54) is 0 Å². The fourth-order valence-corrected chi connectivity index (χ4v) is 2.38. The molecule has 0 saturated carbocycles. The van der Waals surface area contributed by atoms with E-state index in [4.69, 9.17) is 0 Å². The molecule has 0 aliphatic rings. The van der Waals surface area contributed by atoms with Crippen molar-refractivity contribution in [3.63, 3.8) is 0 Å². The van der Waals surface area contributed by atoms with Gasteiger partial charge in [-0.05, 0) is 13.3 Å². The van der Waals surface area contributed by atoms with Gasteiger partial charge in [-0.2, -0.15) is 0 Å². The van der Waals surface area contributed by atoms with Crippen LogP contribution < -0.4 is 20.9 Å². The molecule has 0 aliphatic carbocycles. The fraction of sp³-hybridized carbons (Fsp3) is 0.471. The second kappa shape index (κ2) is 10.4. The van der Waals surface area contributed by atoms with Crippen molar-refractivity contribution in [2.75, 3.05) is 26.7 Å². The van der Waals surface area contributed by atoms with E-state index in [0.29, 0.717) is 18.0 Å². The third kappa shape index (κ3) is 6.37. The standard InChI is InChI=1S/C17H26N4O3/c1-4-11-19-14(22)12-21(3)15(13-9-7-6-8-10-13)16(23)20-17(24)18-5-2/h6-10,15H,4-5,11-12H2,1-3H3,(H,19,22)(H2,18,20,23,24)/p+1/t15-/m0/s1. The topological polar surface area (TPSA) is 91.7 Å². The summed E-state index contributed by atoms with van der Waals surface area (Å²) in [5.74, 6) is -0.561. The van der Waals surface area contributed by atoms with Gasteiger partial charge in [-0.3, -0.25) is 14.9 Å². The lowest BCUT2D eigenvalue weighted by atomic mass is 10.0. The summed E-state index contributed by atoms with van der Waals surface area (Å²) in [4.78, 5) is 36.8. The van der Waals surface area contributed by atoms with Crippen LogP contribution in [0.4, 0.5) is 4.79 Å². The Bertz CT molecular complexity index is 548. The van der Waals surface area contributed by atoms with E-state index in [2.05, 4.69) is 16.0 Å². The van der Waals surface area contributed by atoms with Crippen LogP contribution in [0.1, 0.15) is 31.9 Å². The van der Waals surface area contributed by atoms with Gasteiger partial charge in [0, 0.05) is 18.7 Å². The molecule has 0 saturated heterocycles. The van der Waals surface area contributed by atoms with Crippen LogP contribution in [-0.4, -0.2) is 44.5 Å². The Morgan fingerprint density at radius 2 is 1.75 bits per heavy atom. The van der Waals surface area contributed by atoms with Crippen molar-refractivity contribution < 1.29 is 19.3 Å². The van der Waals surface area contributed by atoms with Crippen LogP contribution in [0.25, 0.3) is 0 Å². The van der Waals surface area contributed by atoms with Gasteiger partial charge < -0.3 is 15.5 Å². The number of urea groups is 1. The molecule has 132 valence electrons. The van der Waals surface area contributed by atoms with Gasteiger partial charge in [0.15, 0.2) is 12.6 Å². The molecule has 1 aromatic carbocycles. The molecule has 1 rings (SSSR count). The average molecular weight is 335 g/mol. The molecule has 0 heterocycles. The second-order valence-electron chi connectivity index (χ2n) is 5.57. The molecule has 0 bridgehead atoms. The molecule has 4 amide bonds. The van der Waals surface area contributed by atoms with E-state index in [1.54, 1.807) is 14.0 Å². The maximum Gasteiger partial charge on any atom is 0.321 e. The molecule has 0 aliphatic heterocycles. The number of hydrogen-bond donors (Lipinski definition) is 4. The highest BCUT2D eigenvalue weighted by Gasteiger charge is 2.31. The average Bonchev–Trinajstić information content (AvgIpc) is 2.54. The number of quaternary nitrogens is 1. The van der Waals surface area contributed by atoms with E-state index >= 15 is 0 Å². The molecule has 0 aromatic heterocycles. The maximum absolute atomic E-state index is 12.5. The Morgan fingerprint density at radius 1 is 1.08 bits per heavy atom. The van der Waals surface area contributed by atoms with Gasteiger partial charge in [0.25, 0.3) is 11.8 Å². The predicted molar refractivity (Wildman–Crippen MR) is 91.5 cm³/mol. The zero-order valence-electron chi connectivity index (χ0n) is 14.5. The number of likely N-dealkylation sites (N-methyl/N-ethyl adjacent to an activating group) is 1. The third-order valence-corrected chi connectivity index (χ3v) is 3.47. The molecule has 7 nitrogen and oxygen atoms in total. The van der Waals surface area contributed by atoms with Gasteiger partial charge in [-0.25, -0.2) is 4.79 Å². The Balaban J connectivity index is 2.87. The summed E-state index contributed by atoms with van der Waals surface area (Å²) in [5.41, 5.74) is 0.750. The van der Waals surface area contributed by atoms with Crippen LogP contribution >= 0.6 is 0 Å². The van der Waals surface area contributed by atoms with Crippen LogP contribution in [-0.2, 0) is 9.59 Å². The number of nitrogens with one attached hydrogen (secondary N) is 4. The van der Waals surface area contributed by atoms with Crippen molar-refractivity contribution in [2.24, 2.45) is 0 Å². The van der Waals surface area contributed by atoms with Crippen molar-refractivity contribution >= 4 is 17.8 Å². The highest BCUT2D eigenvalue weighted by atomic mass is 16.2. The molecule has 0 spiro atoms. The number of benzene rings is 1. The van der Waals surface area contributed by atoms with Gasteiger partial charge >= 0.3 is 6.03 Å². The number of rotatable bonds is 8. The monoisotopic (exact) mass is 335 g/mol. The summed E-state index contributed by atoms with van der Waals surface area (Å²) < 4.78 is 0. The maximum atomic E-state index is 12.5. The number of imide groups is 1. The Morgan fingerprint density at radius 3 is 2.33 bits per heavy atom. The first-order chi connectivity index (χ1) is 11.5. The number of carbonyl (C=O) groups excluding carboxylic acids is 3. The van der Waals surface area contributed by atoms with E-state index in [-0.39, 0.29) is 12.5 Å². The normalized spacial score (nSPS) is 12.8. The summed E-state index contributed by atoms with van der Waals surface area (Å²) in [5, 5.41) is 7.67. The van der Waals surface area contributed by atoms with Gasteiger partial charge in [-0.15, -0.1) is 0 Å². The van der Waals surface area contributed by atoms with Gasteiger partial charge in [0.2, 0.25) is 0 Å². The summed E-state index contributed by atoms with van der Waals surface area (Å²) >= 11 is 0. The van der Waals surface area contributed by atoms with E-state index in [9.17, 15) is 14.4 Å². The highest BCUT2D eigenvalue weighted by molar-refractivity contribution is 5.96. The molecular formula is C17H27N4O3+. The minimum atomic E-state index is -0.652. The largest absolute Gasteiger partial charge is 0.351 e. The second-order valence-corrected chi connectivity index (χ2v) is 5.57. The SMILES string of the molecule is CCCNC(=O)C[NH+](C)[C@H](C(=O)NC(=O)NCC)c1ccccc1. The van der Waals surface area contributed by atoms with Crippen molar-refractivity contribution in [2.45, 2.75) is 26.3 Å². The first-order valence-electron chi connectivity index (χ1n) is 8.22. The Labute approximate surface area is 142 Å². The molecule has 2 atom stereocenters. The van der Waals surface area contributed by atoms with Gasteiger partial charge in [0.1, 0.15) is 0 Å². The van der Waals surface area contributed by atoms with Crippen molar-refractivity contribution in [3.8, 4) is 0 Å². The van der Waals surface area contributed by atoms with Crippen molar-refractivity contribution in [1.82, 2.24) is 16.0 Å². The molecule has 0 radical (unpaired) electrons. The number of carbonyl (C=O) groups is 3. The van der Waals surface area contributed by atoms with Crippen LogP contribution in [0.5, 0.6) is 0 Å². The molecule has 0 fully saturated rings. The highest BCUT2D eigenvalue weighted by Crippen LogP contribution is 2.09. The zero-order valence-corrected chi connectivity index (χ0v) is 14.5. The molecule has 24 heavy (non-hydrogen) atoms. The summed E-state index contributed by atoms with van der Waals surface area (Å²) in [6.07, 6.45) is 0.852. The van der Waals surface area contributed by atoms with E-state index < -0.39 is 18.0 Å². The van der Waals surface area contributed by atoms with E-state index in [1.807, 2.05) is 37.3 Å². The Kier molecular flexibility index (Phi) is 8.49. The van der Waals surface area contributed by atoms with Crippen molar-refractivity contribution in [1.29, 1.82) is 0 Å². The first kappa shape index (κ1) is 19.6. The van der Waals surface area contributed by atoms with Crippen LogP contribution in [0.3, 0.4) is 0 Å². The lowest BCUT2D eigenvalue weighted by molar-refractivity contribution is -0.894. The Hall–Kier alpha value is -2.41. The fourth-order valence-electron chi connectivity index (χ4n) is 2.38. The van der Waals surface area contributed by atoms with E-state index in [0.717, 1.165) is 12.0 Å². The zero-order chi connectivity index (χ0) is 17.9.